The second kappa shape index (κ2) is 9.84. The second-order valence-electron chi connectivity index (χ2n) is 5.93. The maximum absolute atomic E-state index is 13.1. The van der Waals surface area contributed by atoms with Crippen molar-refractivity contribution in [3.8, 4) is 0 Å². The molecular weight excluding hydrogens is 449 g/mol. The van der Waals surface area contributed by atoms with Gasteiger partial charge in [-0.2, -0.15) is 17.9 Å². The quantitative estimate of drug-likeness (QED) is 0.456. The molecule has 29 heavy (non-hydrogen) atoms. The van der Waals surface area contributed by atoms with Gasteiger partial charge in [0.05, 0.1) is 16.5 Å². The van der Waals surface area contributed by atoms with Gasteiger partial charge >= 0.3 is 6.18 Å². The fourth-order valence-electron chi connectivity index (χ4n) is 2.31. The molecule has 1 atom stereocenters. The molecule has 2 aromatic carbocycles. The number of amides is 1. The Hall–Kier alpha value is -1.75. The van der Waals surface area contributed by atoms with Gasteiger partial charge in [0.15, 0.2) is 0 Å². The minimum absolute atomic E-state index is 0.247. The first-order chi connectivity index (χ1) is 13.5. The maximum Gasteiger partial charge on any atom is 0.417 e. The first-order valence-electron chi connectivity index (χ1n) is 8.35. The van der Waals surface area contributed by atoms with E-state index in [1.54, 1.807) is 12.1 Å². The Morgan fingerprint density at radius 1 is 1.14 bits per heavy atom. The van der Waals surface area contributed by atoms with E-state index in [1.807, 2.05) is 16.9 Å². The van der Waals surface area contributed by atoms with Gasteiger partial charge < -0.3 is 5.32 Å². The Bertz CT molecular complexity index is 952. The van der Waals surface area contributed by atoms with Crippen LogP contribution in [0.25, 0.3) is 0 Å². The van der Waals surface area contributed by atoms with Crippen molar-refractivity contribution in [1.82, 2.24) is 10.0 Å². The number of rotatable bonds is 8. The number of carbonyl (C=O) groups excluding carboxylic acids is 1. The Labute approximate surface area is 176 Å². The molecule has 0 bridgehead atoms. The van der Waals surface area contributed by atoms with E-state index >= 15 is 0 Å². The number of thioether (sulfide) groups is 1. The summed E-state index contributed by atoms with van der Waals surface area (Å²) in [5.41, 5.74) is -1.29. The summed E-state index contributed by atoms with van der Waals surface area (Å²) in [7, 11) is -4.54. The number of nitrogens with one attached hydrogen (secondary N) is 2. The van der Waals surface area contributed by atoms with Gasteiger partial charge in [-0.3, -0.25) is 4.79 Å². The number of sulfonamides is 1. The molecule has 0 aliphatic heterocycles. The lowest BCUT2D eigenvalue weighted by Gasteiger charge is -2.17. The SMILES string of the molecule is C[C@H](NS(=O)(=O)c1ccccc1C(F)(F)F)C(=O)NCCSc1ccc(Cl)cc1. The predicted molar refractivity (Wildman–Crippen MR) is 106 cm³/mol. The molecule has 0 saturated carbocycles. The van der Waals surface area contributed by atoms with Gasteiger partial charge in [0.2, 0.25) is 15.9 Å². The lowest BCUT2D eigenvalue weighted by atomic mass is 10.2. The van der Waals surface area contributed by atoms with Crippen LogP contribution in [0.15, 0.2) is 58.3 Å². The molecular formula is C18H18ClF3N2O3S2. The van der Waals surface area contributed by atoms with Crippen LogP contribution in [-0.2, 0) is 21.0 Å². The van der Waals surface area contributed by atoms with Crippen molar-refractivity contribution in [1.29, 1.82) is 0 Å². The highest BCUT2D eigenvalue weighted by Gasteiger charge is 2.37. The molecule has 5 nitrogen and oxygen atoms in total. The highest BCUT2D eigenvalue weighted by Crippen LogP contribution is 2.33. The van der Waals surface area contributed by atoms with E-state index in [2.05, 4.69) is 5.32 Å². The molecule has 2 N–H and O–H groups in total. The fourth-order valence-corrected chi connectivity index (χ4v) is 4.64. The lowest BCUT2D eigenvalue weighted by molar-refractivity contribution is -0.139. The van der Waals surface area contributed by atoms with Gasteiger partial charge in [0.1, 0.15) is 0 Å². The normalized spacial score (nSPS) is 13.1. The predicted octanol–water partition coefficient (Wildman–Crippen LogP) is 3.93. The van der Waals surface area contributed by atoms with Crippen molar-refractivity contribution in [2.24, 2.45) is 0 Å². The first-order valence-corrected chi connectivity index (χ1v) is 11.2. The molecule has 2 rings (SSSR count). The van der Waals surface area contributed by atoms with Gasteiger partial charge in [0.25, 0.3) is 0 Å². The molecule has 0 aliphatic rings. The van der Waals surface area contributed by atoms with Crippen LogP contribution in [0, 0.1) is 0 Å². The zero-order valence-corrected chi connectivity index (χ0v) is 17.6. The average Bonchev–Trinajstić information content (AvgIpc) is 2.65. The summed E-state index contributed by atoms with van der Waals surface area (Å²) < 4.78 is 65.9. The van der Waals surface area contributed by atoms with E-state index in [0.29, 0.717) is 16.8 Å². The van der Waals surface area contributed by atoms with E-state index < -0.39 is 38.6 Å². The summed E-state index contributed by atoms with van der Waals surface area (Å²) in [5, 5.41) is 3.16. The summed E-state index contributed by atoms with van der Waals surface area (Å²) in [6.45, 7) is 1.51. The molecule has 11 heteroatoms. The van der Waals surface area contributed by atoms with Gasteiger partial charge in [-0.1, -0.05) is 23.7 Å². The van der Waals surface area contributed by atoms with E-state index in [4.69, 9.17) is 11.6 Å². The fraction of sp³-hybridized carbons (Fsp3) is 0.278. The molecule has 1 amide bonds. The minimum atomic E-state index is -4.84. The Balaban J connectivity index is 1.92. The van der Waals surface area contributed by atoms with Crippen molar-refractivity contribution in [3.63, 3.8) is 0 Å². The number of halogens is 4. The summed E-state index contributed by atoms with van der Waals surface area (Å²) in [6.07, 6.45) is -4.84. The summed E-state index contributed by atoms with van der Waals surface area (Å²) in [5.74, 6) is -0.126. The molecule has 0 saturated heterocycles. The molecule has 0 spiro atoms. The molecule has 0 unspecified atom stereocenters. The zero-order chi connectivity index (χ0) is 21.7. The number of benzene rings is 2. The van der Waals surface area contributed by atoms with Crippen LogP contribution in [0.3, 0.4) is 0 Å². The van der Waals surface area contributed by atoms with Crippen molar-refractivity contribution >= 4 is 39.3 Å². The van der Waals surface area contributed by atoms with E-state index in [1.165, 1.54) is 24.8 Å². The number of alkyl halides is 3. The van der Waals surface area contributed by atoms with E-state index in [9.17, 15) is 26.4 Å². The molecule has 0 heterocycles. The van der Waals surface area contributed by atoms with Crippen molar-refractivity contribution < 1.29 is 26.4 Å². The topological polar surface area (TPSA) is 75.3 Å². The number of hydrogen-bond acceptors (Lipinski definition) is 4. The Kier molecular flexibility index (Phi) is 7.98. The second-order valence-corrected chi connectivity index (χ2v) is 9.22. The van der Waals surface area contributed by atoms with Crippen LogP contribution in [0.5, 0.6) is 0 Å². The Morgan fingerprint density at radius 2 is 1.76 bits per heavy atom. The summed E-state index contributed by atoms with van der Waals surface area (Å²) >= 11 is 7.26. The van der Waals surface area contributed by atoms with Crippen LogP contribution in [0.1, 0.15) is 12.5 Å². The maximum atomic E-state index is 13.1. The smallest absolute Gasteiger partial charge is 0.354 e. The van der Waals surface area contributed by atoms with Crippen LogP contribution in [0.4, 0.5) is 13.2 Å². The van der Waals surface area contributed by atoms with Crippen molar-refractivity contribution in [2.75, 3.05) is 12.3 Å². The highest BCUT2D eigenvalue weighted by molar-refractivity contribution is 7.99. The van der Waals surface area contributed by atoms with E-state index in [0.717, 1.165) is 17.0 Å². The highest BCUT2D eigenvalue weighted by atomic mass is 35.5. The van der Waals surface area contributed by atoms with Gasteiger partial charge in [-0.25, -0.2) is 8.42 Å². The molecule has 0 aromatic heterocycles. The van der Waals surface area contributed by atoms with Gasteiger partial charge in [-0.15, -0.1) is 11.8 Å². The Morgan fingerprint density at radius 3 is 2.38 bits per heavy atom. The monoisotopic (exact) mass is 466 g/mol. The first kappa shape index (κ1) is 23.5. The van der Waals surface area contributed by atoms with Crippen LogP contribution in [-0.4, -0.2) is 32.7 Å². The van der Waals surface area contributed by atoms with Crippen molar-refractivity contribution in [2.45, 2.75) is 28.9 Å². The van der Waals surface area contributed by atoms with Crippen LogP contribution in [0.2, 0.25) is 5.02 Å². The zero-order valence-electron chi connectivity index (χ0n) is 15.2. The van der Waals surface area contributed by atoms with Gasteiger partial charge in [-0.05, 0) is 43.3 Å². The number of carbonyl (C=O) groups is 1. The summed E-state index contributed by atoms with van der Waals surface area (Å²) in [4.78, 5) is 12.1. The third-order valence-electron chi connectivity index (χ3n) is 3.69. The van der Waals surface area contributed by atoms with Gasteiger partial charge in [0, 0.05) is 22.2 Å². The lowest BCUT2D eigenvalue weighted by Crippen LogP contribution is -2.45. The molecule has 2 aromatic rings. The minimum Gasteiger partial charge on any atom is -0.354 e. The van der Waals surface area contributed by atoms with Crippen LogP contribution < -0.4 is 10.0 Å². The molecule has 0 radical (unpaired) electrons. The van der Waals surface area contributed by atoms with Crippen molar-refractivity contribution in [3.05, 3.63) is 59.1 Å². The largest absolute Gasteiger partial charge is 0.417 e. The molecule has 0 aliphatic carbocycles. The van der Waals surface area contributed by atoms with E-state index in [-0.39, 0.29) is 6.54 Å². The van der Waals surface area contributed by atoms with Crippen LogP contribution >= 0.6 is 23.4 Å². The standard InChI is InChI=1S/C18H18ClF3N2O3S2/c1-12(17(25)23-10-11-28-14-8-6-13(19)7-9-14)24-29(26,27)16-5-3-2-4-15(16)18(20,21)22/h2-9,12,24H,10-11H2,1H3,(H,23,25)/t12-/m0/s1. The number of hydrogen-bond donors (Lipinski definition) is 2. The average molecular weight is 467 g/mol. The third-order valence-corrected chi connectivity index (χ3v) is 6.56. The third kappa shape index (κ3) is 6.91. The summed E-state index contributed by atoms with van der Waals surface area (Å²) in [6, 6.07) is 9.66. The molecule has 0 fully saturated rings. The molecule has 158 valence electrons.